The molecular weight excluding hydrogens is 271 g/mol. The van der Waals surface area contributed by atoms with E-state index in [0.29, 0.717) is 10.0 Å². The summed E-state index contributed by atoms with van der Waals surface area (Å²) in [6.07, 6.45) is -2.71. The summed E-state index contributed by atoms with van der Waals surface area (Å²) in [6, 6.07) is 4.05. The van der Waals surface area contributed by atoms with Crippen molar-refractivity contribution in [3.63, 3.8) is 0 Å². The summed E-state index contributed by atoms with van der Waals surface area (Å²) in [5, 5.41) is 0. The monoisotopic (exact) mass is 281 g/mol. The first-order chi connectivity index (χ1) is 6.81. The molecule has 0 heterocycles. The fraction of sp³-hybridized carbons (Fsp3) is 0.400. The van der Waals surface area contributed by atoms with Crippen LogP contribution in [0.5, 0.6) is 0 Å². The van der Waals surface area contributed by atoms with Crippen molar-refractivity contribution in [2.75, 3.05) is 0 Å². The van der Waals surface area contributed by atoms with Crippen LogP contribution in [0.4, 0.5) is 13.2 Å². The molecule has 1 rings (SSSR count). The van der Waals surface area contributed by atoms with E-state index >= 15 is 0 Å². The van der Waals surface area contributed by atoms with Gasteiger partial charge in [-0.1, -0.05) is 15.9 Å². The summed E-state index contributed by atoms with van der Waals surface area (Å²) in [5.41, 5.74) is 4.22. The highest BCUT2D eigenvalue weighted by Crippen LogP contribution is 2.21. The van der Waals surface area contributed by atoms with Crippen LogP contribution in [0.2, 0.25) is 0 Å². The van der Waals surface area contributed by atoms with Crippen LogP contribution >= 0.6 is 15.9 Å². The zero-order valence-electron chi connectivity index (χ0n) is 8.11. The van der Waals surface area contributed by atoms with E-state index in [0.717, 1.165) is 0 Å². The molecule has 0 aliphatic carbocycles. The van der Waals surface area contributed by atoms with E-state index in [4.69, 9.17) is 5.73 Å². The molecule has 2 N–H and O–H groups in total. The van der Waals surface area contributed by atoms with Gasteiger partial charge in [-0.25, -0.2) is 13.2 Å². The molecule has 0 bridgehead atoms. The smallest absolute Gasteiger partial charge is 0.256 e. The fourth-order valence-electron chi connectivity index (χ4n) is 1.23. The molecule has 0 saturated carbocycles. The highest BCUT2D eigenvalue weighted by atomic mass is 79.9. The second kappa shape index (κ2) is 4.53. The number of halogens is 4. The second-order valence-electron chi connectivity index (χ2n) is 3.76. The third-order valence-electron chi connectivity index (χ3n) is 2.01. The third kappa shape index (κ3) is 3.50. The van der Waals surface area contributed by atoms with Crippen molar-refractivity contribution in [3.05, 3.63) is 34.1 Å². The lowest BCUT2D eigenvalue weighted by Gasteiger charge is -2.23. The summed E-state index contributed by atoms with van der Waals surface area (Å²) in [6.45, 7) is 1.25. The van der Waals surface area contributed by atoms with E-state index in [1.54, 1.807) is 6.07 Å². The van der Waals surface area contributed by atoms with E-state index in [2.05, 4.69) is 15.9 Å². The predicted molar refractivity (Wildman–Crippen MR) is 56.4 cm³/mol. The van der Waals surface area contributed by atoms with Gasteiger partial charge < -0.3 is 5.73 Å². The van der Waals surface area contributed by atoms with E-state index < -0.39 is 17.8 Å². The molecule has 0 amide bonds. The number of benzene rings is 1. The second-order valence-corrected chi connectivity index (χ2v) is 4.68. The van der Waals surface area contributed by atoms with Gasteiger partial charge in [-0.15, -0.1) is 0 Å². The van der Waals surface area contributed by atoms with Gasteiger partial charge in [0.15, 0.2) is 0 Å². The largest absolute Gasteiger partial charge is 0.320 e. The Morgan fingerprint density at radius 3 is 2.47 bits per heavy atom. The molecule has 0 spiro atoms. The van der Waals surface area contributed by atoms with Crippen molar-refractivity contribution >= 4 is 15.9 Å². The van der Waals surface area contributed by atoms with Crippen LogP contribution in [0.15, 0.2) is 22.7 Å². The molecule has 1 unspecified atom stereocenters. The van der Waals surface area contributed by atoms with E-state index in [-0.39, 0.29) is 6.42 Å². The summed E-state index contributed by atoms with van der Waals surface area (Å²) >= 11 is 3.09. The van der Waals surface area contributed by atoms with Crippen LogP contribution in [0.3, 0.4) is 0 Å². The van der Waals surface area contributed by atoms with Crippen molar-refractivity contribution < 1.29 is 13.2 Å². The van der Waals surface area contributed by atoms with Gasteiger partial charge in [-0.05, 0) is 37.1 Å². The third-order valence-corrected chi connectivity index (χ3v) is 2.46. The van der Waals surface area contributed by atoms with E-state index in [1.807, 2.05) is 0 Å². The van der Waals surface area contributed by atoms with Gasteiger partial charge in [-0.2, -0.15) is 0 Å². The van der Waals surface area contributed by atoms with Crippen molar-refractivity contribution in [3.8, 4) is 0 Å². The average Bonchev–Trinajstić information content (AvgIpc) is 1.99. The van der Waals surface area contributed by atoms with Gasteiger partial charge in [0.25, 0.3) is 6.43 Å². The van der Waals surface area contributed by atoms with E-state index in [1.165, 1.54) is 19.1 Å². The lowest BCUT2D eigenvalue weighted by molar-refractivity contribution is 0.0639. The maximum Gasteiger partial charge on any atom is 0.256 e. The predicted octanol–water partition coefficient (Wildman–Crippen LogP) is 3.11. The summed E-state index contributed by atoms with van der Waals surface area (Å²) in [4.78, 5) is 0. The Kier molecular flexibility index (Phi) is 3.78. The molecule has 0 aliphatic heterocycles. The average molecular weight is 282 g/mol. The highest BCUT2D eigenvalue weighted by Gasteiger charge is 2.30. The van der Waals surface area contributed by atoms with Crippen LogP contribution in [0.25, 0.3) is 0 Å². The summed E-state index contributed by atoms with van der Waals surface area (Å²) in [5.74, 6) is -0.468. The Morgan fingerprint density at radius 2 is 2.00 bits per heavy atom. The normalized spacial score (nSPS) is 15.4. The lowest BCUT2D eigenvalue weighted by atomic mass is 9.94. The number of rotatable bonds is 3. The standard InChI is InChI=1S/C10H11BrF3N/c1-10(15,9(13)14)5-6-2-7(11)4-8(12)3-6/h2-4,9H,5,15H2,1H3. The number of alkyl halides is 2. The van der Waals surface area contributed by atoms with Crippen LogP contribution in [0, 0.1) is 5.82 Å². The van der Waals surface area contributed by atoms with Crippen molar-refractivity contribution in [2.24, 2.45) is 5.73 Å². The zero-order valence-corrected chi connectivity index (χ0v) is 9.69. The molecule has 0 radical (unpaired) electrons. The highest BCUT2D eigenvalue weighted by molar-refractivity contribution is 9.10. The molecule has 84 valence electrons. The molecule has 1 aromatic carbocycles. The Balaban J connectivity index is 2.89. The quantitative estimate of drug-likeness (QED) is 0.905. The Hall–Kier alpha value is -0.550. The first kappa shape index (κ1) is 12.5. The first-order valence-electron chi connectivity index (χ1n) is 4.33. The number of nitrogens with two attached hydrogens (primary N) is 1. The maximum atomic E-state index is 12.9. The molecule has 0 aliphatic rings. The Bertz CT molecular complexity index is 332. The number of hydrogen-bond acceptors (Lipinski definition) is 1. The molecule has 0 saturated heterocycles. The molecular formula is C10H11BrF3N. The lowest BCUT2D eigenvalue weighted by Crippen LogP contribution is -2.45. The van der Waals surface area contributed by atoms with Crippen molar-refractivity contribution in [2.45, 2.75) is 25.3 Å². The first-order valence-corrected chi connectivity index (χ1v) is 5.12. The van der Waals surface area contributed by atoms with Gasteiger partial charge in [0.2, 0.25) is 0 Å². The molecule has 0 fully saturated rings. The Labute approximate surface area is 94.6 Å². The van der Waals surface area contributed by atoms with Crippen molar-refractivity contribution in [1.82, 2.24) is 0 Å². The van der Waals surface area contributed by atoms with Gasteiger partial charge in [0, 0.05) is 4.47 Å². The topological polar surface area (TPSA) is 26.0 Å². The van der Waals surface area contributed by atoms with Gasteiger partial charge in [0.05, 0.1) is 5.54 Å². The minimum atomic E-state index is -2.64. The molecule has 1 nitrogen and oxygen atoms in total. The van der Waals surface area contributed by atoms with E-state index in [9.17, 15) is 13.2 Å². The summed E-state index contributed by atoms with van der Waals surface area (Å²) in [7, 11) is 0. The SMILES string of the molecule is CC(N)(Cc1cc(F)cc(Br)c1)C(F)F. The molecule has 0 aromatic heterocycles. The van der Waals surface area contributed by atoms with Crippen LogP contribution in [-0.4, -0.2) is 12.0 Å². The fourth-order valence-corrected chi connectivity index (χ4v) is 1.74. The molecule has 15 heavy (non-hydrogen) atoms. The van der Waals surface area contributed by atoms with Gasteiger partial charge in [0.1, 0.15) is 5.82 Å². The van der Waals surface area contributed by atoms with Gasteiger partial charge >= 0.3 is 0 Å². The van der Waals surface area contributed by atoms with Crippen LogP contribution in [-0.2, 0) is 6.42 Å². The number of hydrogen-bond donors (Lipinski definition) is 1. The van der Waals surface area contributed by atoms with Gasteiger partial charge in [-0.3, -0.25) is 0 Å². The van der Waals surface area contributed by atoms with Crippen molar-refractivity contribution in [1.29, 1.82) is 0 Å². The molecule has 1 aromatic rings. The minimum absolute atomic E-state index is 0.0684. The Morgan fingerprint density at radius 1 is 1.40 bits per heavy atom. The molecule has 5 heteroatoms. The molecule has 1 atom stereocenters. The summed E-state index contributed by atoms with van der Waals surface area (Å²) < 4.78 is 38.4. The van der Waals surface area contributed by atoms with Crippen LogP contribution < -0.4 is 5.73 Å². The maximum absolute atomic E-state index is 12.9. The zero-order chi connectivity index (χ0) is 11.6. The van der Waals surface area contributed by atoms with Crippen LogP contribution in [0.1, 0.15) is 12.5 Å². The minimum Gasteiger partial charge on any atom is -0.320 e.